The number of carbonyl (C=O) groups excluding carboxylic acids is 3. The summed E-state index contributed by atoms with van der Waals surface area (Å²) in [6.07, 6.45) is 1.44. The number of esters is 1. The monoisotopic (exact) mass is 525 g/mol. The number of phenolic OH excluding ortho intramolecular Hbond substituents is 1. The highest BCUT2D eigenvalue weighted by molar-refractivity contribution is 14.1. The van der Waals surface area contributed by atoms with E-state index in [-0.39, 0.29) is 17.3 Å². The molecule has 2 rings (SSSR count). The van der Waals surface area contributed by atoms with Crippen molar-refractivity contribution in [3.8, 4) is 5.75 Å². The maximum atomic E-state index is 12.5. The quantitative estimate of drug-likeness (QED) is 0.366. The van der Waals surface area contributed by atoms with Crippen molar-refractivity contribution in [3.05, 3.63) is 30.6 Å². The molecule has 9 heteroatoms. The Balaban J connectivity index is 2.33. The standard InChI is InChI=1S/C15H13BrINO5S/c1-3-23-14(21)7(2)18-13(20)11(24-15(18)22)5-8-4-9(16)6-10(17)12(8)19/h4-7,19H,3H2,1-2H3/b11-5-/t7-/m0/s1. The number of amides is 2. The highest BCUT2D eigenvalue weighted by Gasteiger charge is 2.41. The predicted molar refractivity (Wildman–Crippen MR) is 102 cm³/mol. The van der Waals surface area contributed by atoms with Crippen LogP contribution >= 0.6 is 50.3 Å². The Hall–Kier alpha value is -1.07. The molecule has 1 fully saturated rings. The van der Waals surface area contributed by atoms with E-state index in [9.17, 15) is 19.5 Å². The van der Waals surface area contributed by atoms with Crippen molar-refractivity contribution < 1.29 is 24.2 Å². The van der Waals surface area contributed by atoms with E-state index in [1.807, 2.05) is 22.6 Å². The summed E-state index contributed by atoms with van der Waals surface area (Å²) in [5, 5.41) is 9.56. The highest BCUT2D eigenvalue weighted by Crippen LogP contribution is 2.37. The topological polar surface area (TPSA) is 83.9 Å². The van der Waals surface area contributed by atoms with Crippen LogP contribution in [0.15, 0.2) is 21.5 Å². The number of ether oxygens (including phenoxy) is 1. The van der Waals surface area contributed by atoms with Crippen LogP contribution in [0, 0.1) is 3.57 Å². The molecule has 0 radical (unpaired) electrons. The minimum absolute atomic E-state index is 0.0176. The summed E-state index contributed by atoms with van der Waals surface area (Å²) in [5.74, 6) is -1.20. The van der Waals surface area contributed by atoms with E-state index in [1.165, 1.54) is 13.0 Å². The van der Waals surface area contributed by atoms with Crippen LogP contribution in [0.25, 0.3) is 6.08 Å². The van der Waals surface area contributed by atoms with Crippen LogP contribution in [0.5, 0.6) is 5.75 Å². The molecular formula is C15H13BrINO5S. The number of phenols is 1. The number of hydrogen-bond donors (Lipinski definition) is 1. The fourth-order valence-corrected chi connectivity index (χ4v) is 4.47. The Kier molecular flexibility index (Phi) is 6.32. The van der Waals surface area contributed by atoms with E-state index in [0.29, 0.717) is 9.13 Å². The van der Waals surface area contributed by atoms with Crippen LogP contribution in [0.3, 0.4) is 0 Å². The zero-order valence-corrected chi connectivity index (χ0v) is 17.3. The third kappa shape index (κ3) is 3.94. The van der Waals surface area contributed by atoms with Gasteiger partial charge in [0.25, 0.3) is 11.1 Å². The third-order valence-electron chi connectivity index (χ3n) is 3.18. The summed E-state index contributed by atoms with van der Waals surface area (Å²) in [5.41, 5.74) is 0.406. The molecule has 0 unspecified atom stereocenters. The van der Waals surface area contributed by atoms with Gasteiger partial charge in [0.05, 0.1) is 15.1 Å². The molecule has 0 spiro atoms. The van der Waals surface area contributed by atoms with Gasteiger partial charge in [0.2, 0.25) is 0 Å². The lowest BCUT2D eigenvalue weighted by molar-refractivity contribution is -0.150. The molecule has 1 aliphatic rings. The van der Waals surface area contributed by atoms with Gasteiger partial charge in [0.15, 0.2) is 0 Å². The summed E-state index contributed by atoms with van der Waals surface area (Å²) in [7, 11) is 0. The summed E-state index contributed by atoms with van der Waals surface area (Å²) >= 11 is 6.01. The summed E-state index contributed by atoms with van der Waals surface area (Å²) < 4.78 is 6.19. The summed E-state index contributed by atoms with van der Waals surface area (Å²) in [6.45, 7) is 3.26. The van der Waals surface area contributed by atoms with E-state index in [0.717, 1.165) is 21.1 Å². The summed E-state index contributed by atoms with van der Waals surface area (Å²) in [6, 6.07) is 2.36. The van der Waals surface area contributed by atoms with Gasteiger partial charge in [-0.05, 0) is 66.4 Å². The molecule has 1 saturated heterocycles. The minimum Gasteiger partial charge on any atom is -0.506 e. The minimum atomic E-state index is -1.00. The summed E-state index contributed by atoms with van der Waals surface area (Å²) in [4.78, 5) is 37.4. The number of imide groups is 1. The molecule has 1 aliphatic heterocycles. The number of hydrogen-bond acceptors (Lipinski definition) is 6. The molecule has 1 N–H and O–H groups in total. The Morgan fingerprint density at radius 1 is 1.50 bits per heavy atom. The smallest absolute Gasteiger partial charge is 0.329 e. The second-order valence-corrected chi connectivity index (χ2v) is 7.88. The Labute approximate surface area is 164 Å². The number of halogens is 2. The fourth-order valence-electron chi connectivity index (χ4n) is 2.02. The van der Waals surface area contributed by atoms with Crippen LogP contribution in [0.4, 0.5) is 4.79 Å². The SMILES string of the molecule is CCOC(=O)[C@H](C)N1C(=O)S/C(=C\c2cc(Br)cc(I)c2O)C1=O. The second-order valence-electron chi connectivity index (χ2n) is 4.81. The highest BCUT2D eigenvalue weighted by atomic mass is 127. The lowest BCUT2D eigenvalue weighted by atomic mass is 10.2. The lowest BCUT2D eigenvalue weighted by Crippen LogP contribution is -2.42. The van der Waals surface area contributed by atoms with Gasteiger partial charge in [-0.2, -0.15) is 0 Å². The van der Waals surface area contributed by atoms with E-state index in [2.05, 4.69) is 15.9 Å². The van der Waals surface area contributed by atoms with Crippen LogP contribution < -0.4 is 0 Å². The fraction of sp³-hybridized carbons (Fsp3) is 0.267. The van der Waals surface area contributed by atoms with E-state index < -0.39 is 23.2 Å². The average Bonchev–Trinajstić information content (AvgIpc) is 2.78. The van der Waals surface area contributed by atoms with Gasteiger partial charge in [0, 0.05) is 10.0 Å². The molecule has 1 atom stereocenters. The molecule has 1 aromatic rings. The first-order valence-corrected chi connectivity index (χ1v) is 9.56. The van der Waals surface area contributed by atoms with Gasteiger partial charge in [-0.25, -0.2) is 4.79 Å². The van der Waals surface area contributed by atoms with Crippen LogP contribution in [0.1, 0.15) is 19.4 Å². The lowest BCUT2D eigenvalue weighted by Gasteiger charge is -2.19. The first kappa shape index (κ1) is 19.3. The number of carbonyl (C=O) groups is 3. The molecular weight excluding hydrogens is 513 g/mol. The number of aromatic hydroxyl groups is 1. The molecule has 1 aromatic carbocycles. The van der Waals surface area contributed by atoms with Gasteiger partial charge in [-0.1, -0.05) is 15.9 Å². The van der Waals surface area contributed by atoms with Gasteiger partial charge < -0.3 is 9.84 Å². The Morgan fingerprint density at radius 2 is 2.17 bits per heavy atom. The Bertz CT molecular complexity index is 752. The molecule has 128 valence electrons. The van der Waals surface area contributed by atoms with Gasteiger partial charge in [0.1, 0.15) is 11.8 Å². The first-order valence-electron chi connectivity index (χ1n) is 6.88. The Morgan fingerprint density at radius 3 is 2.79 bits per heavy atom. The van der Waals surface area contributed by atoms with Crippen molar-refractivity contribution in [2.24, 2.45) is 0 Å². The molecule has 0 aliphatic carbocycles. The van der Waals surface area contributed by atoms with Crippen molar-refractivity contribution in [3.63, 3.8) is 0 Å². The van der Waals surface area contributed by atoms with Crippen LogP contribution in [0.2, 0.25) is 0 Å². The van der Waals surface area contributed by atoms with E-state index in [4.69, 9.17) is 4.74 Å². The van der Waals surface area contributed by atoms with Gasteiger partial charge in [-0.3, -0.25) is 14.5 Å². The normalized spacial score (nSPS) is 17.5. The predicted octanol–water partition coefficient (Wildman–Crippen LogP) is 3.75. The molecule has 0 aromatic heterocycles. The number of rotatable bonds is 4. The van der Waals surface area contributed by atoms with Gasteiger partial charge >= 0.3 is 5.97 Å². The molecule has 2 amide bonds. The maximum absolute atomic E-state index is 12.5. The van der Waals surface area contributed by atoms with E-state index in [1.54, 1.807) is 19.1 Å². The van der Waals surface area contributed by atoms with Crippen molar-refractivity contribution in [2.45, 2.75) is 19.9 Å². The largest absolute Gasteiger partial charge is 0.506 e. The number of benzene rings is 1. The molecule has 0 bridgehead atoms. The van der Waals surface area contributed by atoms with E-state index >= 15 is 0 Å². The van der Waals surface area contributed by atoms with Crippen LogP contribution in [-0.4, -0.2) is 39.8 Å². The number of nitrogens with zero attached hydrogens (tertiary/aromatic N) is 1. The zero-order valence-electron chi connectivity index (χ0n) is 12.7. The molecule has 1 heterocycles. The van der Waals surface area contributed by atoms with Crippen molar-refractivity contribution >= 4 is 73.5 Å². The first-order chi connectivity index (χ1) is 11.3. The van der Waals surface area contributed by atoms with Crippen molar-refractivity contribution in [2.75, 3.05) is 6.61 Å². The van der Waals surface area contributed by atoms with Crippen molar-refractivity contribution in [1.82, 2.24) is 4.90 Å². The van der Waals surface area contributed by atoms with Gasteiger partial charge in [-0.15, -0.1) is 0 Å². The second kappa shape index (κ2) is 7.87. The third-order valence-corrected chi connectivity index (χ3v) is 5.35. The zero-order chi connectivity index (χ0) is 18.0. The average molecular weight is 526 g/mol. The van der Waals surface area contributed by atoms with Crippen LogP contribution in [-0.2, 0) is 14.3 Å². The molecule has 0 saturated carbocycles. The number of thioether (sulfide) groups is 1. The van der Waals surface area contributed by atoms with Crippen molar-refractivity contribution in [1.29, 1.82) is 0 Å². The maximum Gasteiger partial charge on any atom is 0.329 e. The molecule has 6 nitrogen and oxygen atoms in total. The molecule has 24 heavy (non-hydrogen) atoms.